The molecule has 5 aliphatic heterocycles. The van der Waals surface area contributed by atoms with Crippen molar-refractivity contribution in [3.05, 3.63) is 0 Å². The number of aliphatic hydroxyl groups is 1. The van der Waals surface area contributed by atoms with E-state index in [2.05, 4.69) is 0 Å². The molecule has 6 nitrogen and oxygen atoms in total. The van der Waals surface area contributed by atoms with Gasteiger partial charge in [0.2, 0.25) is 0 Å². The molecule has 4 bridgehead atoms. The Bertz CT molecular complexity index is 319. The minimum absolute atomic E-state index is 0.143. The van der Waals surface area contributed by atoms with E-state index in [0.29, 0.717) is 13.2 Å². The summed E-state index contributed by atoms with van der Waals surface area (Å²) < 4.78 is 27.5. The Morgan fingerprint density at radius 1 is 0.933 bits per heavy atom. The Balaban J connectivity index is 1.70. The first kappa shape index (κ1) is 7.94. The van der Waals surface area contributed by atoms with Gasteiger partial charge in [-0.05, 0) is 0 Å². The topological polar surface area (TPSA) is 73.0 Å². The number of hydrogen-bond donors (Lipinski definition) is 1. The van der Waals surface area contributed by atoms with Gasteiger partial charge < -0.3 is 28.8 Å². The van der Waals surface area contributed by atoms with E-state index in [1.165, 1.54) is 0 Å². The molecule has 1 N–H and O–H groups in total. The number of rotatable bonds is 0. The second-order valence-corrected chi connectivity index (χ2v) is 4.90. The molecule has 5 saturated heterocycles. The van der Waals surface area contributed by atoms with E-state index >= 15 is 0 Å². The fraction of sp³-hybridized carbons (Fsp3) is 1.00. The standard InChI is InChI=1S/C9H10O6/c10-3-4-8(1-11-8)6-9(2-12-9)5(3)14-7(13-4)15-6/h3-7,10H,1-2H2/t3?,4-,5+,6?,7?,8+,9-. The van der Waals surface area contributed by atoms with E-state index in [9.17, 15) is 5.11 Å². The Hall–Kier alpha value is -0.240. The predicted octanol–water partition coefficient (Wildman–Crippen LogP) is -1.63. The van der Waals surface area contributed by atoms with Gasteiger partial charge in [0.05, 0.1) is 13.2 Å². The minimum atomic E-state index is -0.675. The molecule has 0 aromatic carbocycles. The van der Waals surface area contributed by atoms with Crippen LogP contribution in [0.25, 0.3) is 0 Å². The van der Waals surface area contributed by atoms with Crippen LogP contribution < -0.4 is 0 Å². The summed E-state index contributed by atoms with van der Waals surface area (Å²) in [6, 6.07) is 0. The van der Waals surface area contributed by atoms with Crippen molar-refractivity contribution in [2.24, 2.45) is 0 Å². The van der Waals surface area contributed by atoms with Crippen molar-refractivity contribution < 1.29 is 28.8 Å². The first-order valence-electron chi connectivity index (χ1n) is 5.19. The molecule has 7 atom stereocenters. The first-order chi connectivity index (χ1) is 7.26. The molecule has 1 saturated carbocycles. The van der Waals surface area contributed by atoms with Gasteiger partial charge in [-0.25, -0.2) is 0 Å². The van der Waals surface area contributed by atoms with E-state index in [1.54, 1.807) is 0 Å². The van der Waals surface area contributed by atoms with Crippen LogP contribution in [0.3, 0.4) is 0 Å². The van der Waals surface area contributed by atoms with Crippen LogP contribution in [-0.2, 0) is 23.7 Å². The summed E-state index contributed by atoms with van der Waals surface area (Å²) in [7, 11) is 0. The molecule has 82 valence electrons. The monoisotopic (exact) mass is 214 g/mol. The quantitative estimate of drug-likeness (QED) is 0.488. The van der Waals surface area contributed by atoms with E-state index in [-0.39, 0.29) is 18.3 Å². The van der Waals surface area contributed by atoms with Gasteiger partial charge in [0.1, 0.15) is 35.6 Å². The molecule has 6 aliphatic rings. The maximum atomic E-state index is 10.1. The zero-order valence-electron chi connectivity index (χ0n) is 7.79. The van der Waals surface area contributed by atoms with Crippen molar-refractivity contribution in [1.82, 2.24) is 0 Å². The van der Waals surface area contributed by atoms with Crippen LogP contribution in [0.4, 0.5) is 0 Å². The maximum absolute atomic E-state index is 10.1. The van der Waals surface area contributed by atoms with E-state index in [4.69, 9.17) is 23.7 Å². The lowest BCUT2D eigenvalue weighted by Crippen LogP contribution is -2.78. The molecular weight excluding hydrogens is 204 g/mol. The molecule has 6 rings (SSSR count). The average molecular weight is 214 g/mol. The van der Waals surface area contributed by atoms with Crippen molar-refractivity contribution in [3.63, 3.8) is 0 Å². The normalized spacial score (nSPS) is 73.0. The third-order valence-corrected chi connectivity index (χ3v) is 4.19. The summed E-state index contributed by atoms with van der Waals surface area (Å²) >= 11 is 0. The summed E-state index contributed by atoms with van der Waals surface area (Å²) in [4.78, 5) is 0. The third kappa shape index (κ3) is 0.658. The second kappa shape index (κ2) is 1.97. The Kier molecular flexibility index (Phi) is 1.04. The summed E-state index contributed by atoms with van der Waals surface area (Å²) in [5.74, 6) is 0. The maximum Gasteiger partial charge on any atom is 0.273 e. The van der Waals surface area contributed by atoms with Gasteiger partial charge in [0.25, 0.3) is 6.48 Å². The molecule has 1 aliphatic carbocycles. The summed E-state index contributed by atoms with van der Waals surface area (Å²) in [5, 5.41) is 10.1. The van der Waals surface area contributed by atoms with E-state index in [0.717, 1.165) is 0 Å². The van der Waals surface area contributed by atoms with Gasteiger partial charge in [-0.3, -0.25) is 0 Å². The van der Waals surface area contributed by atoms with Crippen LogP contribution in [0.1, 0.15) is 0 Å². The number of aliphatic hydroxyl groups excluding tert-OH is 1. The first-order valence-corrected chi connectivity index (χ1v) is 5.19. The molecule has 6 fully saturated rings. The van der Waals surface area contributed by atoms with Crippen molar-refractivity contribution in [3.8, 4) is 0 Å². The number of epoxide rings is 2. The molecule has 5 heterocycles. The van der Waals surface area contributed by atoms with Gasteiger partial charge in [0, 0.05) is 0 Å². The molecule has 6 heteroatoms. The predicted molar refractivity (Wildman–Crippen MR) is 41.8 cm³/mol. The van der Waals surface area contributed by atoms with Gasteiger partial charge >= 0.3 is 0 Å². The van der Waals surface area contributed by atoms with Crippen molar-refractivity contribution >= 4 is 0 Å². The summed E-state index contributed by atoms with van der Waals surface area (Å²) in [6.07, 6.45) is -1.47. The lowest BCUT2D eigenvalue weighted by molar-refractivity contribution is -0.474. The number of ether oxygens (including phenoxy) is 5. The van der Waals surface area contributed by atoms with Gasteiger partial charge in [-0.2, -0.15) is 0 Å². The van der Waals surface area contributed by atoms with Crippen LogP contribution in [-0.4, -0.2) is 60.4 Å². The van der Waals surface area contributed by atoms with E-state index in [1.807, 2.05) is 0 Å². The Labute approximate surface area is 85.0 Å². The van der Waals surface area contributed by atoms with Crippen molar-refractivity contribution in [2.45, 2.75) is 42.1 Å². The fourth-order valence-electron chi connectivity index (χ4n) is 3.32. The lowest BCUT2D eigenvalue weighted by Gasteiger charge is -2.57. The van der Waals surface area contributed by atoms with Crippen molar-refractivity contribution in [2.75, 3.05) is 13.2 Å². The highest BCUT2D eigenvalue weighted by molar-refractivity contribution is 5.29. The SMILES string of the molecule is OC1[C@H]2OC3OC([C@@]4(CO4)[C@H]1O3)[C@]21CO1. The minimum Gasteiger partial charge on any atom is -0.387 e. The van der Waals surface area contributed by atoms with Gasteiger partial charge in [-0.15, -0.1) is 0 Å². The zero-order chi connectivity index (χ0) is 9.84. The molecule has 0 aromatic heterocycles. The third-order valence-electron chi connectivity index (χ3n) is 4.19. The molecular formula is C9H10O6. The lowest BCUT2D eigenvalue weighted by atomic mass is 9.71. The van der Waals surface area contributed by atoms with Crippen molar-refractivity contribution in [1.29, 1.82) is 0 Å². The van der Waals surface area contributed by atoms with Crippen LogP contribution in [0.15, 0.2) is 0 Å². The average Bonchev–Trinajstić information content (AvgIpc) is 3.09. The highest BCUT2D eigenvalue weighted by Gasteiger charge is 2.83. The van der Waals surface area contributed by atoms with E-state index < -0.39 is 23.8 Å². The second-order valence-electron chi connectivity index (χ2n) is 4.90. The largest absolute Gasteiger partial charge is 0.387 e. The Morgan fingerprint density at radius 3 is 1.93 bits per heavy atom. The summed E-state index contributed by atoms with van der Waals surface area (Å²) in [6.45, 7) is 0.492. The smallest absolute Gasteiger partial charge is 0.273 e. The fourth-order valence-corrected chi connectivity index (χ4v) is 3.32. The summed E-state index contributed by atoms with van der Waals surface area (Å²) in [5.41, 5.74) is -0.959. The number of hydrogen-bond acceptors (Lipinski definition) is 6. The van der Waals surface area contributed by atoms with Crippen LogP contribution in [0, 0.1) is 0 Å². The Morgan fingerprint density at radius 2 is 1.47 bits per heavy atom. The highest BCUT2D eigenvalue weighted by atomic mass is 16.9. The molecule has 0 amide bonds. The van der Waals surface area contributed by atoms with Gasteiger partial charge in [-0.1, -0.05) is 0 Å². The molecule has 15 heavy (non-hydrogen) atoms. The molecule has 3 unspecified atom stereocenters. The van der Waals surface area contributed by atoms with Crippen LogP contribution >= 0.6 is 0 Å². The zero-order valence-corrected chi connectivity index (χ0v) is 7.79. The molecule has 0 radical (unpaired) electrons. The van der Waals surface area contributed by atoms with Crippen LogP contribution in [0.2, 0.25) is 0 Å². The van der Waals surface area contributed by atoms with Gasteiger partial charge in [0.15, 0.2) is 0 Å². The molecule has 0 aromatic rings. The van der Waals surface area contributed by atoms with Crippen LogP contribution in [0.5, 0.6) is 0 Å². The highest BCUT2D eigenvalue weighted by Crippen LogP contribution is 2.61. The molecule has 2 spiro atoms.